The molecule has 1 aliphatic heterocycles. The molecule has 112 valence electrons. The molecule has 3 heteroatoms. The van der Waals surface area contributed by atoms with Gasteiger partial charge in [0.1, 0.15) is 5.75 Å². The lowest BCUT2D eigenvalue weighted by atomic mass is 10.2. The zero-order valence-electron chi connectivity index (χ0n) is 12.7. The van der Waals surface area contributed by atoms with Crippen LogP contribution in [0.2, 0.25) is 0 Å². The maximum atomic E-state index is 5.66. The summed E-state index contributed by atoms with van der Waals surface area (Å²) in [5.74, 6) is 0.989. The summed E-state index contributed by atoms with van der Waals surface area (Å²) in [6.07, 6.45) is 5.07. The van der Waals surface area contributed by atoms with Crippen LogP contribution in [0.4, 0.5) is 0 Å². The molecule has 0 spiro atoms. The first-order valence-corrected chi connectivity index (χ1v) is 8.03. The molecule has 0 amide bonds. The second-order valence-corrected chi connectivity index (χ2v) is 5.57. The van der Waals surface area contributed by atoms with E-state index in [9.17, 15) is 0 Å². The summed E-state index contributed by atoms with van der Waals surface area (Å²) in [6.45, 7) is 8.80. The topological polar surface area (TPSA) is 24.5 Å². The highest BCUT2D eigenvalue weighted by Crippen LogP contribution is 2.13. The minimum absolute atomic E-state index is 0.798. The van der Waals surface area contributed by atoms with Crippen LogP contribution in [-0.4, -0.2) is 37.7 Å². The molecule has 0 radical (unpaired) electrons. The van der Waals surface area contributed by atoms with Crippen molar-refractivity contribution in [1.82, 2.24) is 10.2 Å². The Kier molecular flexibility index (Phi) is 6.89. The highest BCUT2D eigenvalue weighted by atomic mass is 16.5. The van der Waals surface area contributed by atoms with Gasteiger partial charge in [0.25, 0.3) is 0 Å². The molecular formula is C17H28N2O. The Morgan fingerprint density at radius 3 is 2.90 bits per heavy atom. The smallest absolute Gasteiger partial charge is 0.119 e. The number of hydrogen-bond acceptors (Lipinski definition) is 3. The highest BCUT2D eigenvalue weighted by Gasteiger charge is 2.09. The average molecular weight is 276 g/mol. The van der Waals surface area contributed by atoms with Crippen LogP contribution in [0, 0.1) is 0 Å². The average Bonchev–Trinajstić information content (AvgIpc) is 2.98. The van der Waals surface area contributed by atoms with Gasteiger partial charge in [-0.3, -0.25) is 0 Å². The largest absolute Gasteiger partial charge is 0.494 e. The third-order valence-corrected chi connectivity index (χ3v) is 3.73. The zero-order valence-corrected chi connectivity index (χ0v) is 12.7. The normalized spacial score (nSPS) is 15.7. The molecule has 20 heavy (non-hydrogen) atoms. The van der Waals surface area contributed by atoms with Crippen molar-refractivity contribution in [2.45, 2.75) is 39.2 Å². The molecule has 2 rings (SSSR count). The first-order chi connectivity index (χ1) is 9.88. The summed E-state index contributed by atoms with van der Waals surface area (Å²) in [4.78, 5) is 2.57. The number of rotatable bonds is 9. The molecule has 1 aromatic carbocycles. The van der Waals surface area contributed by atoms with Crippen molar-refractivity contribution in [2.75, 3.05) is 32.8 Å². The molecule has 1 aliphatic rings. The van der Waals surface area contributed by atoms with E-state index in [-0.39, 0.29) is 0 Å². The fourth-order valence-electron chi connectivity index (χ4n) is 2.63. The van der Waals surface area contributed by atoms with Gasteiger partial charge in [-0.15, -0.1) is 0 Å². The standard InChI is InChI=1S/C17H28N2O/c1-2-13-20-17-8-5-7-16(14-17)15-18-9-6-12-19-10-3-4-11-19/h5,7-8,14,18H,2-4,6,9-13,15H2,1H3. The van der Waals surface area contributed by atoms with Crippen LogP contribution in [0.15, 0.2) is 24.3 Å². The van der Waals surface area contributed by atoms with Crippen molar-refractivity contribution >= 4 is 0 Å². The van der Waals surface area contributed by atoms with Gasteiger partial charge < -0.3 is 15.0 Å². The first kappa shape index (κ1) is 15.3. The fraction of sp³-hybridized carbons (Fsp3) is 0.647. The molecule has 0 aliphatic carbocycles. The Hall–Kier alpha value is -1.06. The molecular weight excluding hydrogens is 248 g/mol. The lowest BCUT2D eigenvalue weighted by Crippen LogP contribution is -2.24. The van der Waals surface area contributed by atoms with Crippen molar-refractivity contribution in [3.63, 3.8) is 0 Å². The van der Waals surface area contributed by atoms with Crippen molar-refractivity contribution in [1.29, 1.82) is 0 Å². The van der Waals surface area contributed by atoms with E-state index in [1.165, 1.54) is 44.5 Å². The van der Waals surface area contributed by atoms with Crippen LogP contribution in [0.3, 0.4) is 0 Å². The van der Waals surface area contributed by atoms with Crippen LogP contribution in [-0.2, 0) is 6.54 Å². The monoisotopic (exact) mass is 276 g/mol. The minimum atomic E-state index is 0.798. The Morgan fingerprint density at radius 2 is 2.10 bits per heavy atom. The Bertz CT molecular complexity index is 375. The minimum Gasteiger partial charge on any atom is -0.494 e. The van der Waals surface area contributed by atoms with E-state index >= 15 is 0 Å². The zero-order chi connectivity index (χ0) is 14.0. The van der Waals surface area contributed by atoms with E-state index in [1.807, 2.05) is 6.07 Å². The van der Waals surface area contributed by atoms with Crippen molar-refractivity contribution < 1.29 is 4.74 Å². The van der Waals surface area contributed by atoms with Crippen LogP contribution < -0.4 is 10.1 Å². The van der Waals surface area contributed by atoms with E-state index in [2.05, 4.69) is 35.3 Å². The van der Waals surface area contributed by atoms with Crippen LogP contribution in [0.5, 0.6) is 5.75 Å². The summed E-state index contributed by atoms with van der Waals surface area (Å²) in [7, 11) is 0. The summed E-state index contributed by atoms with van der Waals surface area (Å²) in [6, 6.07) is 8.41. The van der Waals surface area contributed by atoms with E-state index in [0.717, 1.165) is 31.9 Å². The summed E-state index contributed by atoms with van der Waals surface area (Å²) < 4.78 is 5.66. The van der Waals surface area contributed by atoms with Crippen LogP contribution in [0.25, 0.3) is 0 Å². The predicted octanol–water partition coefficient (Wildman–Crippen LogP) is 3.05. The van der Waals surface area contributed by atoms with Gasteiger partial charge in [0.15, 0.2) is 0 Å². The molecule has 3 nitrogen and oxygen atoms in total. The van der Waals surface area contributed by atoms with Gasteiger partial charge in [0.2, 0.25) is 0 Å². The molecule has 1 heterocycles. The third-order valence-electron chi connectivity index (χ3n) is 3.73. The molecule has 0 atom stereocenters. The van der Waals surface area contributed by atoms with Crippen molar-refractivity contribution in [3.05, 3.63) is 29.8 Å². The number of nitrogens with one attached hydrogen (secondary N) is 1. The fourth-order valence-corrected chi connectivity index (χ4v) is 2.63. The van der Waals surface area contributed by atoms with E-state index < -0.39 is 0 Å². The van der Waals surface area contributed by atoms with Crippen molar-refractivity contribution in [2.24, 2.45) is 0 Å². The number of hydrogen-bond donors (Lipinski definition) is 1. The number of likely N-dealkylation sites (tertiary alicyclic amines) is 1. The van der Waals surface area contributed by atoms with E-state index in [4.69, 9.17) is 4.74 Å². The van der Waals surface area contributed by atoms with Gasteiger partial charge in [-0.1, -0.05) is 19.1 Å². The Morgan fingerprint density at radius 1 is 1.25 bits per heavy atom. The molecule has 1 fully saturated rings. The van der Waals surface area contributed by atoms with Gasteiger partial charge >= 0.3 is 0 Å². The van der Waals surface area contributed by atoms with Crippen LogP contribution in [0.1, 0.15) is 38.2 Å². The van der Waals surface area contributed by atoms with Gasteiger partial charge in [-0.25, -0.2) is 0 Å². The van der Waals surface area contributed by atoms with Gasteiger partial charge in [0, 0.05) is 6.54 Å². The lowest BCUT2D eigenvalue weighted by Gasteiger charge is -2.14. The van der Waals surface area contributed by atoms with Gasteiger partial charge in [-0.2, -0.15) is 0 Å². The maximum Gasteiger partial charge on any atom is 0.119 e. The maximum absolute atomic E-state index is 5.66. The Labute approximate surface area is 123 Å². The summed E-state index contributed by atoms with van der Waals surface area (Å²) in [5.41, 5.74) is 1.31. The van der Waals surface area contributed by atoms with Crippen molar-refractivity contribution in [3.8, 4) is 5.75 Å². The number of ether oxygens (including phenoxy) is 1. The van der Waals surface area contributed by atoms with Gasteiger partial charge in [0.05, 0.1) is 6.61 Å². The lowest BCUT2D eigenvalue weighted by molar-refractivity contribution is 0.317. The van der Waals surface area contributed by atoms with Crippen LogP contribution >= 0.6 is 0 Å². The predicted molar refractivity (Wildman–Crippen MR) is 84.2 cm³/mol. The summed E-state index contributed by atoms with van der Waals surface area (Å²) >= 11 is 0. The van der Waals surface area contributed by atoms with E-state index in [0.29, 0.717) is 0 Å². The molecule has 0 bridgehead atoms. The second kappa shape index (κ2) is 8.98. The molecule has 1 aromatic rings. The second-order valence-electron chi connectivity index (χ2n) is 5.57. The molecule has 0 saturated carbocycles. The SMILES string of the molecule is CCCOc1cccc(CNCCCN2CCCC2)c1. The third kappa shape index (κ3) is 5.51. The van der Waals surface area contributed by atoms with Gasteiger partial charge in [-0.05, 0) is 69.6 Å². The number of nitrogens with zero attached hydrogens (tertiary/aromatic N) is 1. The Balaban J connectivity index is 1.60. The molecule has 0 unspecified atom stereocenters. The highest BCUT2D eigenvalue weighted by molar-refractivity contribution is 5.28. The quantitative estimate of drug-likeness (QED) is 0.702. The molecule has 1 N–H and O–H groups in total. The molecule has 1 saturated heterocycles. The van der Waals surface area contributed by atoms with E-state index in [1.54, 1.807) is 0 Å². The first-order valence-electron chi connectivity index (χ1n) is 8.03. The number of benzene rings is 1. The molecule has 0 aromatic heterocycles. The summed E-state index contributed by atoms with van der Waals surface area (Å²) in [5, 5.41) is 3.53.